The smallest absolute Gasteiger partial charge is 0.153 e. The van der Waals surface area contributed by atoms with E-state index >= 15 is 0 Å². The Labute approximate surface area is 138 Å². The van der Waals surface area contributed by atoms with Crippen molar-refractivity contribution in [1.82, 2.24) is 14.5 Å². The summed E-state index contributed by atoms with van der Waals surface area (Å²) >= 11 is 1.60. The number of benzene rings is 2. The number of hydrogen-bond donors (Lipinski definition) is 0. The van der Waals surface area contributed by atoms with Crippen LogP contribution in [0.5, 0.6) is 5.75 Å². The van der Waals surface area contributed by atoms with Crippen LogP contribution in [0, 0.1) is 0 Å². The van der Waals surface area contributed by atoms with Crippen LogP contribution in [0.25, 0.3) is 21.7 Å². The van der Waals surface area contributed by atoms with Gasteiger partial charge in [0.2, 0.25) is 0 Å². The third-order valence-corrected chi connectivity index (χ3v) is 4.55. The highest BCUT2D eigenvalue weighted by molar-refractivity contribution is 7.13. The molecule has 0 N–H and O–H groups in total. The van der Waals surface area contributed by atoms with E-state index in [1.54, 1.807) is 18.4 Å². The fraction of sp³-hybridized carbons (Fsp3) is 0.111. The minimum Gasteiger partial charge on any atom is -0.497 e. The second kappa shape index (κ2) is 5.85. The molecule has 0 fully saturated rings. The van der Waals surface area contributed by atoms with E-state index in [9.17, 15) is 0 Å². The molecule has 2 aromatic carbocycles. The number of aromatic nitrogens is 3. The quantitative estimate of drug-likeness (QED) is 0.565. The summed E-state index contributed by atoms with van der Waals surface area (Å²) in [5, 5.41) is 0. The van der Waals surface area contributed by atoms with Gasteiger partial charge in [-0.15, -0.1) is 11.3 Å². The average molecular weight is 321 g/mol. The molecule has 0 saturated heterocycles. The van der Waals surface area contributed by atoms with Gasteiger partial charge in [0.15, 0.2) is 5.82 Å². The number of para-hydroxylation sites is 2. The highest BCUT2D eigenvalue weighted by Crippen LogP contribution is 2.28. The molecule has 4 rings (SSSR count). The predicted molar refractivity (Wildman–Crippen MR) is 92.9 cm³/mol. The first-order valence-electron chi connectivity index (χ1n) is 7.32. The maximum Gasteiger partial charge on any atom is 0.153 e. The van der Waals surface area contributed by atoms with Gasteiger partial charge < -0.3 is 9.30 Å². The number of rotatable bonds is 4. The van der Waals surface area contributed by atoms with Crippen molar-refractivity contribution in [1.29, 1.82) is 0 Å². The van der Waals surface area contributed by atoms with Gasteiger partial charge in [-0.3, -0.25) is 4.98 Å². The lowest BCUT2D eigenvalue weighted by atomic mass is 10.2. The number of hydrogen-bond acceptors (Lipinski definition) is 4. The molecular weight excluding hydrogens is 306 g/mol. The van der Waals surface area contributed by atoms with Crippen LogP contribution in [0.15, 0.2) is 60.2 Å². The topological polar surface area (TPSA) is 39.9 Å². The molecular formula is C18H15N3OS. The fourth-order valence-electron chi connectivity index (χ4n) is 2.70. The standard InChI is InChI=1S/C18H15N3OS/c1-22-14-6-4-5-13(9-14)11-21-16-8-3-2-7-15(16)20-18(21)17-10-19-12-23-17/h2-10,12H,11H2,1H3. The molecule has 0 aliphatic carbocycles. The first-order valence-corrected chi connectivity index (χ1v) is 8.20. The molecule has 0 atom stereocenters. The van der Waals surface area contributed by atoms with Gasteiger partial charge in [0.25, 0.3) is 0 Å². The number of fused-ring (bicyclic) bond motifs is 1. The molecule has 0 bridgehead atoms. The second-order valence-electron chi connectivity index (χ2n) is 5.23. The monoisotopic (exact) mass is 321 g/mol. The van der Waals surface area contributed by atoms with E-state index < -0.39 is 0 Å². The Morgan fingerprint density at radius 2 is 2.04 bits per heavy atom. The average Bonchev–Trinajstić information content (AvgIpc) is 3.23. The normalized spacial score (nSPS) is 11.0. The van der Waals surface area contributed by atoms with Gasteiger partial charge >= 0.3 is 0 Å². The van der Waals surface area contributed by atoms with Crippen LogP contribution < -0.4 is 4.74 Å². The molecule has 0 radical (unpaired) electrons. The Hall–Kier alpha value is -2.66. The van der Waals surface area contributed by atoms with E-state index in [2.05, 4.69) is 27.8 Å². The summed E-state index contributed by atoms with van der Waals surface area (Å²) in [5.41, 5.74) is 5.14. The molecule has 2 aromatic heterocycles. The van der Waals surface area contributed by atoms with Crippen molar-refractivity contribution in [2.24, 2.45) is 0 Å². The highest BCUT2D eigenvalue weighted by Gasteiger charge is 2.14. The van der Waals surface area contributed by atoms with Crippen LogP contribution in [0.2, 0.25) is 0 Å². The Morgan fingerprint density at radius 1 is 1.13 bits per heavy atom. The van der Waals surface area contributed by atoms with Crippen molar-refractivity contribution in [2.75, 3.05) is 7.11 Å². The Kier molecular flexibility index (Phi) is 3.55. The minimum atomic E-state index is 0.741. The van der Waals surface area contributed by atoms with Gasteiger partial charge in [0, 0.05) is 12.7 Å². The van der Waals surface area contributed by atoms with Crippen LogP contribution in [0.3, 0.4) is 0 Å². The van der Waals surface area contributed by atoms with Crippen LogP contribution in [-0.2, 0) is 6.54 Å². The van der Waals surface area contributed by atoms with Crippen molar-refractivity contribution in [3.63, 3.8) is 0 Å². The first-order chi connectivity index (χ1) is 11.3. The largest absolute Gasteiger partial charge is 0.497 e. The van der Waals surface area contributed by atoms with Crippen molar-refractivity contribution >= 4 is 22.4 Å². The van der Waals surface area contributed by atoms with E-state index in [0.717, 1.165) is 34.0 Å². The van der Waals surface area contributed by atoms with Gasteiger partial charge in [0.1, 0.15) is 5.75 Å². The summed E-state index contributed by atoms with van der Waals surface area (Å²) in [5.74, 6) is 1.82. The molecule has 0 amide bonds. The van der Waals surface area contributed by atoms with E-state index in [1.165, 1.54) is 5.56 Å². The van der Waals surface area contributed by atoms with Crippen molar-refractivity contribution in [2.45, 2.75) is 6.54 Å². The Bertz CT molecular complexity index is 944. The van der Waals surface area contributed by atoms with Crippen LogP contribution >= 0.6 is 11.3 Å². The van der Waals surface area contributed by atoms with Crippen LogP contribution in [-0.4, -0.2) is 21.6 Å². The van der Waals surface area contributed by atoms with E-state index in [-0.39, 0.29) is 0 Å². The SMILES string of the molecule is COc1cccc(Cn2c(-c3cncs3)nc3ccccc32)c1. The van der Waals surface area contributed by atoms with E-state index in [0.29, 0.717) is 0 Å². The highest BCUT2D eigenvalue weighted by atomic mass is 32.1. The summed E-state index contributed by atoms with van der Waals surface area (Å²) in [6.07, 6.45) is 1.87. The van der Waals surface area contributed by atoms with Gasteiger partial charge in [-0.1, -0.05) is 24.3 Å². The molecule has 114 valence electrons. The Balaban J connectivity index is 1.85. The molecule has 0 spiro atoms. The number of ether oxygens (including phenoxy) is 1. The summed E-state index contributed by atoms with van der Waals surface area (Å²) < 4.78 is 7.56. The number of thiazole rings is 1. The summed E-state index contributed by atoms with van der Waals surface area (Å²) in [4.78, 5) is 10.1. The second-order valence-corrected chi connectivity index (χ2v) is 6.11. The molecule has 5 heteroatoms. The molecule has 0 aliphatic rings. The number of nitrogens with zero attached hydrogens (tertiary/aromatic N) is 3. The third kappa shape index (κ3) is 2.59. The van der Waals surface area contributed by atoms with Crippen LogP contribution in [0.4, 0.5) is 0 Å². The lowest BCUT2D eigenvalue weighted by Crippen LogP contribution is -2.02. The molecule has 23 heavy (non-hydrogen) atoms. The zero-order valence-electron chi connectivity index (χ0n) is 12.6. The molecule has 0 aliphatic heterocycles. The zero-order valence-corrected chi connectivity index (χ0v) is 13.5. The van der Waals surface area contributed by atoms with Crippen molar-refractivity contribution in [3.8, 4) is 16.5 Å². The lowest BCUT2D eigenvalue weighted by Gasteiger charge is -2.09. The first kappa shape index (κ1) is 14.0. The van der Waals surface area contributed by atoms with Crippen LogP contribution in [0.1, 0.15) is 5.56 Å². The maximum absolute atomic E-state index is 5.33. The Morgan fingerprint density at radius 3 is 2.87 bits per heavy atom. The summed E-state index contributed by atoms with van der Waals surface area (Å²) in [6.45, 7) is 0.741. The molecule has 0 saturated carbocycles. The fourth-order valence-corrected chi connectivity index (χ4v) is 3.32. The van der Waals surface area contributed by atoms with Gasteiger partial charge in [-0.2, -0.15) is 0 Å². The number of imidazole rings is 1. The molecule has 2 heterocycles. The molecule has 4 aromatic rings. The number of methoxy groups -OCH3 is 1. The third-order valence-electron chi connectivity index (χ3n) is 3.78. The van der Waals surface area contributed by atoms with Crippen molar-refractivity contribution < 1.29 is 4.74 Å². The molecule has 4 nitrogen and oxygen atoms in total. The van der Waals surface area contributed by atoms with E-state index in [1.807, 2.05) is 42.0 Å². The summed E-state index contributed by atoms with van der Waals surface area (Å²) in [7, 11) is 1.69. The maximum atomic E-state index is 5.33. The van der Waals surface area contributed by atoms with Gasteiger partial charge in [0.05, 0.1) is 28.5 Å². The predicted octanol–water partition coefficient (Wildman–Crippen LogP) is 4.22. The van der Waals surface area contributed by atoms with E-state index in [4.69, 9.17) is 9.72 Å². The van der Waals surface area contributed by atoms with Gasteiger partial charge in [-0.05, 0) is 29.8 Å². The van der Waals surface area contributed by atoms with Crippen molar-refractivity contribution in [3.05, 3.63) is 65.8 Å². The molecule has 0 unspecified atom stereocenters. The minimum absolute atomic E-state index is 0.741. The van der Waals surface area contributed by atoms with Gasteiger partial charge in [-0.25, -0.2) is 4.98 Å². The lowest BCUT2D eigenvalue weighted by molar-refractivity contribution is 0.414. The zero-order chi connectivity index (χ0) is 15.6. The summed E-state index contributed by atoms with van der Waals surface area (Å²) in [6, 6.07) is 16.3.